The highest BCUT2D eigenvalue weighted by Crippen LogP contribution is 2.23. The maximum Gasteiger partial charge on any atom is 0.144 e. The first kappa shape index (κ1) is 15.2. The Morgan fingerprint density at radius 3 is 2.67 bits per heavy atom. The van der Waals surface area contributed by atoms with Crippen molar-refractivity contribution in [3.63, 3.8) is 0 Å². The van der Waals surface area contributed by atoms with E-state index in [1.807, 2.05) is 13.8 Å². The predicted molar refractivity (Wildman–Crippen MR) is 70.8 cm³/mol. The van der Waals surface area contributed by atoms with Crippen LogP contribution in [-0.2, 0) is 9.47 Å². The maximum atomic E-state index is 8.67. The maximum absolute atomic E-state index is 8.67. The van der Waals surface area contributed by atoms with E-state index in [0.717, 1.165) is 51.9 Å². The van der Waals surface area contributed by atoms with E-state index in [9.17, 15) is 0 Å². The van der Waals surface area contributed by atoms with Gasteiger partial charge in [-0.2, -0.15) is 0 Å². The lowest BCUT2D eigenvalue weighted by Crippen LogP contribution is -2.32. The van der Waals surface area contributed by atoms with Crippen molar-refractivity contribution < 1.29 is 14.7 Å². The topological polar surface area (TPSA) is 77.1 Å². The second kappa shape index (κ2) is 7.59. The molecule has 0 amide bonds. The van der Waals surface area contributed by atoms with Gasteiger partial charge in [-0.3, -0.25) is 0 Å². The van der Waals surface area contributed by atoms with Gasteiger partial charge in [-0.15, -0.1) is 0 Å². The lowest BCUT2D eigenvalue weighted by molar-refractivity contribution is -0.0329. The molecule has 1 aliphatic heterocycles. The van der Waals surface area contributed by atoms with Crippen LogP contribution >= 0.6 is 0 Å². The fourth-order valence-electron chi connectivity index (χ4n) is 2.03. The van der Waals surface area contributed by atoms with Gasteiger partial charge in [-0.25, -0.2) is 0 Å². The third-order valence-electron chi connectivity index (χ3n) is 3.52. The molecule has 0 aliphatic carbocycles. The SMILES string of the molecule is CC(C)(CCCCOC1CCOCC1)C(N)=NO. The summed E-state index contributed by atoms with van der Waals surface area (Å²) in [5.41, 5.74) is 5.39. The lowest BCUT2D eigenvalue weighted by Gasteiger charge is -2.24. The van der Waals surface area contributed by atoms with E-state index in [0.29, 0.717) is 11.9 Å². The standard InChI is InChI=1S/C13H26N2O3/c1-13(2,12(14)15-16)7-3-4-8-18-11-5-9-17-10-6-11/h11,16H,3-10H2,1-2H3,(H2,14,15). The van der Waals surface area contributed by atoms with Crippen molar-refractivity contribution in [2.45, 2.75) is 52.1 Å². The molecular formula is C13H26N2O3. The number of nitrogens with zero attached hydrogens (tertiary/aromatic N) is 1. The molecule has 0 bridgehead atoms. The van der Waals surface area contributed by atoms with Crippen LogP contribution < -0.4 is 5.73 Å². The molecular weight excluding hydrogens is 232 g/mol. The van der Waals surface area contributed by atoms with Crippen LogP contribution in [0.25, 0.3) is 0 Å². The third-order valence-corrected chi connectivity index (χ3v) is 3.52. The van der Waals surface area contributed by atoms with Crippen LogP contribution in [0.2, 0.25) is 0 Å². The second-order valence-electron chi connectivity index (χ2n) is 5.51. The first-order valence-corrected chi connectivity index (χ1v) is 6.73. The molecule has 0 radical (unpaired) electrons. The van der Waals surface area contributed by atoms with Crippen LogP contribution in [0.1, 0.15) is 46.0 Å². The number of unbranched alkanes of at least 4 members (excludes halogenated alkanes) is 1. The van der Waals surface area contributed by atoms with Crippen LogP contribution in [0.5, 0.6) is 0 Å². The van der Waals surface area contributed by atoms with Crippen molar-refractivity contribution >= 4 is 5.84 Å². The molecule has 1 rings (SSSR count). The number of oxime groups is 1. The molecule has 0 saturated carbocycles. The van der Waals surface area contributed by atoms with Gasteiger partial charge >= 0.3 is 0 Å². The van der Waals surface area contributed by atoms with Gasteiger partial charge in [0, 0.05) is 25.2 Å². The van der Waals surface area contributed by atoms with Crippen molar-refractivity contribution in [1.82, 2.24) is 0 Å². The predicted octanol–water partition coefficient (Wildman–Crippen LogP) is 2.12. The number of nitrogens with two attached hydrogens (primary N) is 1. The monoisotopic (exact) mass is 258 g/mol. The summed E-state index contributed by atoms with van der Waals surface area (Å²) in [6, 6.07) is 0. The molecule has 5 nitrogen and oxygen atoms in total. The van der Waals surface area contributed by atoms with Crippen LogP contribution in [-0.4, -0.2) is 37.0 Å². The minimum atomic E-state index is -0.243. The molecule has 5 heteroatoms. The van der Waals surface area contributed by atoms with Crippen LogP contribution in [0.3, 0.4) is 0 Å². The molecule has 106 valence electrons. The summed E-state index contributed by atoms with van der Waals surface area (Å²) in [7, 11) is 0. The molecule has 0 unspecified atom stereocenters. The van der Waals surface area contributed by atoms with Crippen LogP contribution in [0.4, 0.5) is 0 Å². The van der Waals surface area contributed by atoms with Crippen LogP contribution in [0.15, 0.2) is 5.16 Å². The molecule has 0 aromatic carbocycles. The Labute approximate surface area is 109 Å². The number of rotatable bonds is 7. The lowest BCUT2D eigenvalue weighted by atomic mass is 9.86. The van der Waals surface area contributed by atoms with Crippen molar-refractivity contribution in [2.24, 2.45) is 16.3 Å². The number of hydrogen-bond donors (Lipinski definition) is 2. The molecule has 1 saturated heterocycles. The zero-order chi connectivity index (χ0) is 13.4. The highest BCUT2D eigenvalue weighted by Gasteiger charge is 2.22. The Kier molecular flexibility index (Phi) is 6.43. The fourth-order valence-corrected chi connectivity index (χ4v) is 2.03. The van der Waals surface area contributed by atoms with Gasteiger partial charge in [0.2, 0.25) is 0 Å². The Balaban J connectivity index is 2.07. The molecule has 0 spiro atoms. The van der Waals surface area contributed by atoms with E-state index in [2.05, 4.69) is 5.16 Å². The molecule has 3 N–H and O–H groups in total. The van der Waals surface area contributed by atoms with Gasteiger partial charge in [0.15, 0.2) is 0 Å². The number of hydrogen-bond acceptors (Lipinski definition) is 4. The normalized spacial score (nSPS) is 19.1. The van der Waals surface area contributed by atoms with Crippen molar-refractivity contribution in [2.75, 3.05) is 19.8 Å². The van der Waals surface area contributed by atoms with E-state index in [4.69, 9.17) is 20.4 Å². The largest absolute Gasteiger partial charge is 0.409 e. The Morgan fingerprint density at radius 1 is 1.39 bits per heavy atom. The summed E-state index contributed by atoms with van der Waals surface area (Å²) in [6.45, 7) is 6.40. The summed E-state index contributed by atoms with van der Waals surface area (Å²) in [5, 5.41) is 11.8. The van der Waals surface area contributed by atoms with Crippen LogP contribution in [0, 0.1) is 5.41 Å². The minimum absolute atomic E-state index is 0.243. The Hall–Kier alpha value is -0.810. The van der Waals surface area contributed by atoms with E-state index in [-0.39, 0.29) is 5.41 Å². The smallest absolute Gasteiger partial charge is 0.144 e. The van der Waals surface area contributed by atoms with E-state index in [1.54, 1.807) is 0 Å². The quantitative estimate of drug-likeness (QED) is 0.241. The molecule has 18 heavy (non-hydrogen) atoms. The first-order chi connectivity index (χ1) is 8.56. The zero-order valence-corrected chi connectivity index (χ0v) is 11.5. The van der Waals surface area contributed by atoms with Gasteiger partial charge in [-0.05, 0) is 25.7 Å². The molecule has 1 aliphatic rings. The Bertz CT molecular complexity index is 261. The molecule has 0 aromatic heterocycles. The molecule has 1 fully saturated rings. The van der Waals surface area contributed by atoms with E-state index < -0.39 is 0 Å². The number of amidine groups is 1. The summed E-state index contributed by atoms with van der Waals surface area (Å²) in [4.78, 5) is 0. The summed E-state index contributed by atoms with van der Waals surface area (Å²) in [5.74, 6) is 0.299. The van der Waals surface area contributed by atoms with Crippen molar-refractivity contribution in [3.05, 3.63) is 0 Å². The van der Waals surface area contributed by atoms with Gasteiger partial charge < -0.3 is 20.4 Å². The average Bonchev–Trinajstić information content (AvgIpc) is 2.38. The summed E-state index contributed by atoms with van der Waals surface area (Å²) < 4.78 is 11.1. The van der Waals surface area contributed by atoms with Gasteiger partial charge in [0.05, 0.1) is 6.10 Å². The second-order valence-corrected chi connectivity index (χ2v) is 5.51. The summed E-state index contributed by atoms with van der Waals surface area (Å²) >= 11 is 0. The fraction of sp³-hybridized carbons (Fsp3) is 0.923. The third kappa shape index (κ3) is 5.23. The molecule has 1 heterocycles. The molecule has 0 aromatic rings. The minimum Gasteiger partial charge on any atom is -0.409 e. The zero-order valence-electron chi connectivity index (χ0n) is 11.5. The van der Waals surface area contributed by atoms with E-state index in [1.165, 1.54) is 0 Å². The molecule has 0 atom stereocenters. The Morgan fingerprint density at radius 2 is 2.06 bits per heavy atom. The van der Waals surface area contributed by atoms with Gasteiger partial charge in [0.25, 0.3) is 0 Å². The summed E-state index contributed by atoms with van der Waals surface area (Å²) in [6.07, 6.45) is 5.33. The highest BCUT2D eigenvalue weighted by molar-refractivity contribution is 5.85. The number of ether oxygens (including phenoxy) is 2. The average molecular weight is 258 g/mol. The van der Waals surface area contributed by atoms with Crippen molar-refractivity contribution in [3.8, 4) is 0 Å². The van der Waals surface area contributed by atoms with Crippen molar-refractivity contribution in [1.29, 1.82) is 0 Å². The first-order valence-electron chi connectivity index (χ1n) is 6.73. The van der Waals surface area contributed by atoms with Gasteiger partial charge in [-0.1, -0.05) is 25.4 Å². The van der Waals surface area contributed by atoms with E-state index >= 15 is 0 Å². The highest BCUT2D eigenvalue weighted by atomic mass is 16.5. The van der Waals surface area contributed by atoms with Gasteiger partial charge in [0.1, 0.15) is 5.84 Å².